The highest BCUT2D eigenvalue weighted by atomic mass is 35.5. The van der Waals surface area contributed by atoms with Crippen LogP contribution in [0.3, 0.4) is 0 Å². The van der Waals surface area contributed by atoms with Gasteiger partial charge in [-0.3, -0.25) is 4.79 Å². The van der Waals surface area contributed by atoms with Crippen LogP contribution in [0.15, 0.2) is 42.5 Å². The molecule has 6 nitrogen and oxygen atoms in total. The van der Waals surface area contributed by atoms with Gasteiger partial charge in [0, 0.05) is 13.0 Å². The monoisotopic (exact) mass is 429 g/mol. The Balaban J connectivity index is 1.41. The van der Waals surface area contributed by atoms with Crippen molar-refractivity contribution in [2.75, 3.05) is 6.54 Å². The van der Waals surface area contributed by atoms with Crippen LogP contribution >= 0.6 is 11.6 Å². The first-order chi connectivity index (χ1) is 14.4. The molecule has 9 heteroatoms. The van der Waals surface area contributed by atoms with Crippen LogP contribution in [0.25, 0.3) is 11.0 Å². The number of imidazole rings is 1. The van der Waals surface area contributed by atoms with Gasteiger partial charge in [0.05, 0.1) is 28.8 Å². The molecule has 2 aromatic carbocycles. The van der Waals surface area contributed by atoms with Gasteiger partial charge in [0.2, 0.25) is 0 Å². The Bertz CT molecular complexity index is 1220. The topological polar surface area (TPSA) is 75.6 Å². The first-order valence-corrected chi connectivity index (χ1v) is 9.68. The number of aryl methyl sites for hydroxylation is 1. The van der Waals surface area contributed by atoms with E-state index in [1.807, 2.05) is 0 Å². The highest BCUT2D eigenvalue weighted by Crippen LogP contribution is 2.21. The normalized spacial score (nSPS) is 11.2. The number of carbonyl (C=O) groups is 1. The quantitative estimate of drug-likeness (QED) is 0.486. The second-order valence-corrected chi connectivity index (χ2v) is 7.24. The van der Waals surface area contributed by atoms with Crippen LogP contribution < -0.4 is 5.32 Å². The average Bonchev–Trinajstić information content (AvgIpc) is 3.23. The fourth-order valence-electron chi connectivity index (χ4n) is 3.21. The summed E-state index contributed by atoms with van der Waals surface area (Å²) in [7, 11) is 0. The minimum Gasteiger partial charge on any atom is -0.351 e. The number of nitrogens with zero attached hydrogens (tertiary/aromatic N) is 3. The number of benzene rings is 2. The van der Waals surface area contributed by atoms with Crippen molar-refractivity contribution < 1.29 is 13.6 Å². The van der Waals surface area contributed by atoms with E-state index in [1.165, 1.54) is 28.9 Å². The fraction of sp³-hybridized carbons (Fsp3) is 0.190. The minimum absolute atomic E-state index is 0.216. The van der Waals surface area contributed by atoms with Crippen LogP contribution in [0.4, 0.5) is 8.78 Å². The third-order valence-electron chi connectivity index (χ3n) is 4.68. The summed E-state index contributed by atoms with van der Waals surface area (Å²) in [5.41, 5.74) is 2.88. The minimum atomic E-state index is -0.343. The van der Waals surface area contributed by atoms with Crippen molar-refractivity contribution in [2.45, 2.75) is 19.9 Å². The van der Waals surface area contributed by atoms with Crippen LogP contribution in [0, 0.1) is 18.6 Å². The molecular formula is C21H18ClF2N5O. The van der Waals surface area contributed by atoms with Crippen LogP contribution in [-0.4, -0.2) is 32.2 Å². The van der Waals surface area contributed by atoms with Gasteiger partial charge in [-0.1, -0.05) is 23.7 Å². The molecular weight excluding hydrogens is 412 g/mol. The summed E-state index contributed by atoms with van der Waals surface area (Å²) >= 11 is 6.38. The second kappa shape index (κ2) is 8.23. The van der Waals surface area contributed by atoms with Gasteiger partial charge in [0.1, 0.15) is 22.6 Å². The lowest BCUT2D eigenvalue weighted by Gasteiger charge is -2.05. The second-order valence-electron chi connectivity index (χ2n) is 6.89. The molecule has 2 heterocycles. The molecule has 0 aliphatic heterocycles. The Morgan fingerprint density at radius 2 is 1.90 bits per heavy atom. The maximum atomic E-state index is 13.3. The molecule has 0 aliphatic rings. The van der Waals surface area contributed by atoms with E-state index in [0.717, 1.165) is 5.56 Å². The first kappa shape index (κ1) is 20.0. The summed E-state index contributed by atoms with van der Waals surface area (Å²) in [6.07, 6.45) is 0.447. The maximum absolute atomic E-state index is 13.3. The number of hydrogen-bond acceptors (Lipinski definition) is 3. The van der Waals surface area contributed by atoms with E-state index in [0.29, 0.717) is 47.6 Å². The molecule has 0 aliphatic carbocycles. The number of H-pyrrole nitrogens is 1. The molecule has 0 spiro atoms. The number of halogens is 3. The highest BCUT2D eigenvalue weighted by Gasteiger charge is 2.20. The molecule has 0 atom stereocenters. The molecule has 4 rings (SSSR count). The summed E-state index contributed by atoms with van der Waals surface area (Å²) in [4.78, 5) is 20.0. The number of aromatic amines is 1. The number of amides is 1. The predicted molar refractivity (Wildman–Crippen MR) is 110 cm³/mol. The molecule has 0 bridgehead atoms. The Kier molecular flexibility index (Phi) is 5.50. The Labute approximate surface area is 175 Å². The summed E-state index contributed by atoms with van der Waals surface area (Å²) in [5, 5.41) is 7.35. The van der Waals surface area contributed by atoms with Crippen LogP contribution in [0.2, 0.25) is 5.15 Å². The van der Waals surface area contributed by atoms with Gasteiger partial charge in [0.25, 0.3) is 5.91 Å². The van der Waals surface area contributed by atoms with Gasteiger partial charge < -0.3 is 10.3 Å². The third kappa shape index (κ3) is 4.18. The Morgan fingerprint density at radius 3 is 2.67 bits per heavy atom. The lowest BCUT2D eigenvalue weighted by Crippen LogP contribution is -2.26. The van der Waals surface area contributed by atoms with Gasteiger partial charge in [-0.2, -0.15) is 5.10 Å². The molecule has 30 heavy (non-hydrogen) atoms. The zero-order valence-corrected chi connectivity index (χ0v) is 16.8. The molecule has 0 fully saturated rings. The molecule has 0 saturated heterocycles. The molecule has 0 radical (unpaired) electrons. The van der Waals surface area contributed by atoms with E-state index >= 15 is 0 Å². The van der Waals surface area contributed by atoms with Crippen molar-refractivity contribution in [3.63, 3.8) is 0 Å². The smallest absolute Gasteiger partial charge is 0.256 e. The number of rotatable bonds is 6. The molecule has 154 valence electrons. The van der Waals surface area contributed by atoms with Crippen molar-refractivity contribution in [3.8, 4) is 0 Å². The van der Waals surface area contributed by atoms with Gasteiger partial charge in [-0.15, -0.1) is 0 Å². The predicted octanol–water partition coefficient (Wildman–Crippen LogP) is 4.02. The van der Waals surface area contributed by atoms with Crippen LogP contribution in [0.1, 0.15) is 27.4 Å². The van der Waals surface area contributed by atoms with Crippen molar-refractivity contribution >= 4 is 28.5 Å². The molecule has 0 saturated carbocycles. The van der Waals surface area contributed by atoms with Crippen LogP contribution in [0.5, 0.6) is 0 Å². The van der Waals surface area contributed by atoms with E-state index in [9.17, 15) is 13.6 Å². The fourth-order valence-corrected chi connectivity index (χ4v) is 3.53. The summed E-state index contributed by atoms with van der Waals surface area (Å²) in [5.74, 6) is -0.361. The Morgan fingerprint density at radius 1 is 1.17 bits per heavy atom. The third-order valence-corrected chi connectivity index (χ3v) is 5.06. The van der Waals surface area contributed by atoms with Gasteiger partial charge in [-0.05, 0) is 42.8 Å². The summed E-state index contributed by atoms with van der Waals surface area (Å²) in [6.45, 7) is 2.35. The number of carbonyl (C=O) groups excluding carboxylic acids is 1. The van der Waals surface area contributed by atoms with E-state index < -0.39 is 0 Å². The number of aromatic nitrogens is 4. The van der Waals surface area contributed by atoms with E-state index in [-0.39, 0.29) is 22.7 Å². The van der Waals surface area contributed by atoms with Crippen LogP contribution in [-0.2, 0) is 13.0 Å². The molecule has 0 unspecified atom stereocenters. The van der Waals surface area contributed by atoms with Gasteiger partial charge in [-0.25, -0.2) is 18.4 Å². The zero-order valence-electron chi connectivity index (χ0n) is 16.0. The Hall–Kier alpha value is -3.26. The van der Waals surface area contributed by atoms with Crippen molar-refractivity contribution in [1.29, 1.82) is 0 Å². The summed E-state index contributed by atoms with van der Waals surface area (Å²) in [6, 6.07) is 10.3. The SMILES string of the molecule is Cc1nn(Cc2ccc(F)cc2)c(Cl)c1C(=O)NCCc1nc2ccc(F)cc2[nH]1. The van der Waals surface area contributed by atoms with E-state index in [4.69, 9.17) is 11.6 Å². The van der Waals surface area contributed by atoms with Gasteiger partial charge >= 0.3 is 0 Å². The van der Waals surface area contributed by atoms with E-state index in [1.54, 1.807) is 25.1 Å². The lowest BCUT2D eigenvalue weighted by atomic mass is 10.2. The zero-order chi connectivity index (χ0) is 21.3. The number of fused-ring (bicyclic) bond motifs is 1. The van der Waals surface area contributed by atoms with Crippen molar-refractivity contribution in [1.82, 2.24) is 25.1 Å². The highest BCUT2D eigenvalue weighted by molar-refractivity contribution is 6.33. The van der Waals surface area contributed by atoms with E-state index in [2.05, 4.69) is 20.4 Å². The standard InChI is InChI=1S/C21H18ClF2N5O/c1-12-19(20(22)29(28-12)11-13-2-4-14(23)5-3-13)21(30)25-9-8-18-26-16-7-6-15(24)10-17(16)27-18/h2-7,10H,8-9,11H2,1H3,(H,25,30)(H,26,27). The first-order valence-electron chi connectivity index (χ1n) is 9.30. The molecule has 1 amide bonds. The number of hydrogen-bond donors (Lipinski definition) is 2. The molecule has 2 N–H and O–H groups in total. The number of nitrogens with one attached hydrogen (secondary N) is 2. The van der Waals surface area contributed by atoms with Crippen molar-refractivity contribution in [2.24, 2.45) is 0 Å². The largest absolute Gasteiger partial charge is 0.351 e. The van der Waals surface area contributed by atoms with Gasteiger partial charge in [0.15, 0.2) is 0 Å². The summed E-state index contributed by atoms with van der Waals surface area (Å²) < 4.78 is 27.9. The van der Waals surface area contributed by atoms with Crippen molar-refractivity contribution in [3.05, 3.63) is 81.9 Å². The maximum Gasteiger partial charge on any atom is 0.256 e. The average molecular weight is 430 g/mol. The molecule has 4 aromatic rings. The molecule has 2 aromatic heterocycles. The lowest BCUT2D eigenvalue weighted by molar-refractivity contribution is 0.0953.